The lowest BCUT2D eigenvalue weighted by Crippen LogP contribution is -2.75. The molecule has 20 heavy (non-hydrogen) atoms. The lowest BCUT2D eigenvalue weighted by Gasteiger charge is -2.70. The molecule has 6 rings (SSSR count). The molecule has 2 saturated carbocycles. The average Bonchev–Trinajstić information content (AvgIpc) is 3.20. The summed E-state index contributed by atoms with van der Waals surface area (Å²) >= 11 is 0. The molecule has 5 aliphatic carbocycles. The van der Waals surface area contributed by atoms with E-state index in [1.165, 1.54) is 31.5 Å². The normalized spacial score (nSPS) is 52.3. The highest BCUT2D eigenvalue weighted by Crippen LogP contribution is 2.63. The number of nitrogens with zero attached hydrogens (tertiary/aromatic N) is 1. The van der Waals surface area contributed by atoms with E-state index in [1.807, 2.05) is 0 Å². The first kappa shape index (κ1) is 11.8. The summed E-state index contributed by atoms with van der Waals surface area (Å²) < 4.78 is 0. The van der Waals surface area contributed by atoms with Crippen molar-refractivity contribution < 1.29 is 0 Å². The largest absolute Gasteiger partial charge is 0.298 e. The van der Waals surface area contributed by atoms with Crippen LogP contribution in [0.2, 0.25) is 0 Å². The van der Waals surface area contributed by atoms with Crippen LogP contribution in [0.1, 0.15) is 26.7 Å². The number of hydrogen-bond donors (Lipinski definition) is 0. The van der Waals surface area contributed by atoms with Crippen molar-refractivity contribution in [2.75, 3.05) is 13.1 Å². The van der Waals surface area contributed by atoms with Crippen LogP contribution in [0.25, 0.3) is 0 Å². The van der Waals surface area contributed by atoms with Gasteiger partial charge >= 0.3 is 0 Å². The van der Waals surface area contributed by atoms with Crippen LogP contribution in [-0.2, 0) is 0 Å². The predicted octanol–water partition coefficient (Wildman–Crippen LogP) is 3.65. The molecule has 0 amide bonds. The lowest BCUT2D eigenvalue weighted by molar-refractivity contribution is -0.158. The summed E-state index contributed by atoms with van der Waals surface area (Å²) in [4.78, 5) is 2.83. The average molecular weight is 267 g/mol. The fourth-order valence-electron chi connectivity index (χ4n) is 5.86. The molecule has 1 spiro atoms. The number of allylic oxidation sites excluding steroid dienone is 5. The van der Waals surface area contributed by atoms with Gasteiger partial charge in [-0.2, -0.15) is 0 Å². The molecule has 3 fully saturated rings. The van der Waals surface area contributed by atoms with Gasteiger partial charge in [-0.3, -0.25) is 4.90 Å². The Morgan fingerprint density at radius 2 is 2.10 bits per heavy atom. The van der Waals surface area contributed by atoms with Crippen LogP contribution >= 0.6 is 0 Å². The zero-order valence-corrected chi connectivity index (χ0v) is 12.6. The van der Waals surface area contributed by atoms with Gasteiger partial charge in [-0.05, 0) is 49.4 Å². The molecule has 1 aliphatic heterocycles. The first-order valence-corrected chi connectivity index (χ1v) is 8.49. The minimum atomic E-state index is 0.474. The van der Waals surface area contributed by atoms with E-state index in [0.717, 1.165) is 35.6 Å². The third-order valence-electron chi connectivity index (χ3n) is 6.85. The second-order valence-electron chi connectivity index (χ2n) is 8.10. The van der Waals surface area contributed by atoms with Crippen molar-refractivity contribution in [1.29, 1.82) is 0 Å². The third-order valence-corrected chi connectivity index (χ3v) is 6.85. The molecule has 6 atom stereocenters. The van der Waals surface area contributed by atoms with Crippen LogP contribution < -0.4 is 0 Å². The van der Waals surface area contributed by atoms with E-state index in [0.29, 0.717) is 5.41 Å². The number of hydrogen-bond acceptors (Lipinski definition) is 1. The molecule has 1 heterocycles. The maximum Gasteiger partial charge on any atom is 0.0237 e. The van der Waals surface area contributed by atoms with Gasteiger partial charge < -0.3 is 0 Å². The van der Waals surface area contributed by atoms with E-state index in [1.54, 1.807) is 0 Å². The zero-order valence-electron chi connectivity index (χ0n) is 12.6. The van der Waals surface area contributed by atoms with Gasteiger partial charge in [0.15, 0.2) is 0 Å². The molecular weight excluding hydrogens is 242 g/mol. The van der Waals surface area contributed by atoms with E-state index < -0.39 is 0 Å². The van der Waals surface area contributed by atoms with E-state index in [4.69, 9.17) is 0 Å². The summed E-state index contributed by atoms with van der Waals surface area (Å²) in [5, 5.41) is 0. The summed E-state index contributed by atoms with van der Waals surface area (Å²) in [6.45, 7) is 7.48. The summed E-state index contributed by atoms with van der Waals surface area (Å²) in [5.74, 6) is 4.19. The molecule has 6 aliphatic rings. The molecule has 0 radical (unpaired) electrons. The first-order chi connectivity index (χ1) is 9.69. The molecule has 0 aromatic carbocycles. The summed E-state index contributed by atoms with van der Waals surface area (Å²) in [6, 6.07) is 0.829. The molecule has 0 aromatic rings. The highest BCUT2D eigenvalue weighted by atomic mass is 15.3. The van der Waals surface area contributed by atoms with Crippen molar-refractivity contribution in [2.45, 2.75) is 32.7 Å². The molecule has 1 saturated heterocycles. The van der Waals surface area contributed by atoms with Crippen molar-refractivity contribution in [1.82, 2.24) is 4.90 Å². The predicted molar refractivity (Wildman–Crippen MR) is 82.2 cm³/mol. The Labute approximate surface area is 122 Å². The quantitative estimate of drug-likeness (QED) is 0.690. The minimum absolute atomic E-state index is 0.474. The highest BCUT2D eigenvalue weighted by Gasteiger charge is 2.65. The van der Waals surface area contributed by atoms with Crippen LogP contribution in [0.15, 0.2) is 36.0 Å². The van der Waals surface area contributed by atoms with E-state index in [-0.39, 0.29) is 0 Å². The molecule has 2 bridgehead atoms. The summed E-state index contributed by atoms with van der Waals surface area (Å²) in [6.07, 6.45) is 15.6. The van der Waals surface area contributed by atoms with Gasteiger partial charge in [0.05, 0.1) is 0 Å². The second-order valence-corrected chi connectivity index (χ2v) is 8.10. The van der Waals surface area contributed by atoms with Gasteiger partial charge in [-0.15, -0.1) is 0 Å². The standard InChI is InChI=1S/C19H25N/c1-12-3-6-17-16(9-12)15-7-8-19(17)11-20(10-14-4-5-14)18(19)13(15)2/h3,6-9,13-18H,4-5,10-11H2,1-2H3. The Kier molecular flexibility index (Phi) is 2.17. The molecule has 106 valence electrons. The number of rotatable bonds is 2. The fourth-order valence-corrected chi connectivity index (χ4v) is 5.86. The maximum absolute atomic E-state index is 2.83. The van der Waals surface area contributed by atoms with Gasteiger partial charge in [0.1, 0.15) is 0 Å². The molecule has 1 heteroatoms. The fraction of sp³-hybridized carbons (Fsp3) is 0.684. The van der Waals surface area contributed by atoms with Gasteiger partial charge in [0, 0.05) is 24.5 Å². The Morgan fingerprint density at radius 3 is 2.90 bits per heavy atom. The molecule has 0 aromatic heterocycles. The minimum Gasteiger partial charge on any atom is -0.298 e. The van der Waals surface area contributed by atoms with Crippen LogP contribution in [0.4, 0.5) is 0 Å². The lowest BCUT2D eigenvalue weighted by atomic mass is 9.44. The van der Waals surface area contributed by atoms with Crippen LogP contribution in [-0.4, -0.2) is 24.0 Å². The van der Waals surface area contributed by atoms with E-state index in [2.05, 4.69) is 49.1 Å². The summed E-state index contributed by atoms with van der Waals surface area (Å²) in [5.41, 5.74) is 1.95. The van der Waals surface area contributed by atoms with E-state index >= 15 is 0 Å². The SMILES string of the molecule is CC1=CC2C3C=CC4(CN(CC5CC5)C4C3C)C2C=C1. The Hall–Kier alpha value is -0.820. The van der Waals surface area contributed by atoms with Crippen LogP contribution in [0.5, 0.6) is 0 Å². The van der Waals surface area contributed by atoms with Crippen LogP contribution in [0.3, 0.4) is 0 Å². The Morgan fingerprint density at radius 1 is 1.25 bits per heavy atom. The third kappa shape index (κ3) is 1.33. The van der Waals surface area contributed by atoms with Crippen molar-refractivity contribution in [2.24, 2.45) is 35.0 Å². The molecule has 0 N–H and O–H groups in total. The van der Waals surface area contributed by atoms with Gasteiger partial charge in [-0.25, -0.2) is 0 Å². The topological polar surface area (TPSA) is 3.24 Å². The van der Waals surface area contributed by atoms with Crippen molar-refractivity contribution >= 4 is 0 Å². The van der Waals surface area contributed by atoms with Crippen molar-refractivity contribution in [3.8, 4) is 0 Å². The molecular formula is C19H25N. The van der Waals surface area contributed by atoms with E-state index in [9.17, 15) is 0 Å². The maximum atomic E-state index is 2.83. The van der Waals surface area contributed by atoms with Gasteiger partial charge in [-0.1, -0.05) is 42.9 Å². The van der Waals surface area contributed by atoms with Crippen molar-refractivity contribution in [3.63, 3.8) is 0 Å². The second kappa shape index (κ2) is 3.68. The number of likely N-dealkylation sites (tertiary alicyclic amines) is 1. The molecule has 1 nitrogen and oxygen atoms in total. The Bertz CT molecular complexity index is 538. The summed E-state index contributed by atoms with van der Waals surface area (Å²) in [7, 11) is 0. The smallest absolute Gasteiger partial charge is 0.0237 e. The monoisotopic (exact) mass is 267 g/mol. The Balaban J connectivity index is 1.51. The molecule has 6 unspecified atom stereocenters. The van der Waals surface area contributed by atoms with Gasteiger partial charge in [0.2, 0.25) is 0 Å². The van der Waals surface area contributed by atoms with Crippen LogP contribution in [0, 0.1) is 35.0 Å². The van der Waals surface area contributed by atoms with Gasteiger partial charge in [0.25, 0.3) is 0 Å². The zero-order chi connectivity index (χ0) is 13.5. The van der Waals surface area contributed by atoms with Crippen molar-refractivity contribution in [3.05, 3.63) is 36.0 Å². The first-order valence-electron chi connectivity index (χ1n) is 8.49. The highest BCUT2D eigenvalue weighted by molar-refractivity contribution is 5.38.